The number of nitrogens with zero attached hydrogens (tertiary/aromatic N) is 1. The number of hydrogen-bond acceptors (Lipinski definition) is 4. The Morgan fingerprint density at radius 1 is 1.25 bits per heavy atom. The van der Waals surface area contributed by atoms with Crippen molar-refractivity contribution in [3.05, 3.63) is 29.8 Å². The average molecular weight is 275 g/mol. The van der Waals surface area contributed by atoms with Gasteiger partial charge in [0.15, 0.2) is 0 Å². The number of nitrogens with one attached hydrogen (secondary N) is 2. The molecule has 1 aromatic carbocycles. The zero-order valence-electron chi connectivity index (χ0n) is 11.3. The molecule has 106 valence electrons. The number of nitriles is 1. The third-order valence-corrected chi connectivity index (χ3v) is 2.50. The van der Waals surface area contributed by atoms with Crippen molar-refractivity contribution in [2.24, 2.45) is 0 Å². The fourth-order valence-electron chi connectivity index (χ4n) is 1.47. The van der Waals surface area contributed by atoms with Crippen LogP contribution in [0.3, 0.4) is 0 Å². The Labute approximate surface area is 117 Å². The molecule has 0 aliphatic rings. The van der Waals surface area contributed by atoms with Crippen LogP contribution in [-0.4, -0.2) is 25.5 Å². The summed E-state index contributed by atoms with van der Waals surface area (Å²) in [5.41, 5.74) is 1.55. The van der Waals surface area contributed by atoms with Gasteiger partial charge in [-0.1, -0.05) is 12.1 Å². The van der Waals surface area contributed by atoms with Gasteiger partial charge in [-0.3, -0.25) is 9.59 Å². The third-order valence-electron chi connectivity index (χ3n) is 2.50. The summed E-state index contributed by atoms with van der Waals surface area (Å²) in [5, 5.41) is 13.7. The highest BCUT2D eigenvalue weighted by Crippen LogP contribution is 2.09. The molecule has 0 bridgehead atoms. The molecule has 0 spiro atoms. The van der Waals surface area contributed by atoms with Crippen molar-refractivity contribution < 1.29 is 14.3 Å². The van der Waals surface area contributed by atoms with Gasteiger partial charge in [0, 0.05) is 25.8 Å². The van der Waals surface area contributed by atoms with E-state index in [1.54, 1.807) is 37.4 Å². The van der Waals surface area contributed by atoms with Gasteiger partial charge in [0.1, 0.15) is 6.42 Å². The van der Waals surface area contributed by atoms with Crippen LogP contribution in [0.2, 0.25) is 0 Å². The molecule has 6 nitrogen and oxygen atoms in total. The maximum atomic E-state index is 11.4. The zero-order chi connectivity index (χ0) is 14.8. The molecule has 0 atom stereocenters. The van der Waals surface area contributed by atoms with E-state index in [-0.39, 0.29) is 18.2 Å². The van der Waals surface area contributed by atoms with Crippen LogP contribution < -0.4 is 10.6 Å². The van der Waals surface area contributed by atoms with Gasteiger partial charge in [-0.25, -0.2) is 0 Å². The minimum Gasteiger partial charge on any atom is -0.384 e. The summed E-state index contributed by atoms with van der Waals surface area (Å²) < 4.78 is 4.81. The van der Waals surface area contributed by atoms with Gasteiger partial charge < -0.3 is 15.4 Å². The first-order valence-corrected chi connectivity index (χ1v) is 6.17. The number of ether oxygens (including phenoxy) is 1. The van der Waals surface area contributed by atoms with E-state index in [2.05, 4.69) is 10.6 Å². The Morgan fingerprint density at radius 3 is 2.55 bits per heavy atom. The average Bonchev–Trinajstić information content (AvgIpc) is 2.44. The van der Waals surface area contributed by atoms with Gasteiger partial charge in [-0.05, 0) is 17.7 Å². The van der Waals surface area contributed by atoms with Crippen molar-refractivity contribution in [3.8, 4) is 6.07 Å². The van der Waals surface area contributed by atoms with E-state index in [1.165, 1.54) is 0 Å². The van der Waals surface area contributed by atoms with E-state index in [1.807, 2.05) is 0 Å². The quantitative estimate of drug-likeness (QED) is 0.782. The normalized spacial score (nSPS) is 9.60. The minimum atomic E-state index is -0.340. The lowest BCUT2D eigenvalue weighted by Gasteiger charge is -2.07. The van der Waals surface area contributed by atoms with Crippen LogP contribution in [0.1, 0.15) is 18.4 Å². The summed E-state index contributed by atoms with van der Waals surface area (Å²) in [7, 11) is 1.55. The molecular weight excluding hydrogens is 258 g/mol. The van der Waals surface area contributed by atoms with Gasteiger partial charge >= 0.3 is 0 Å². The van der Waals surface area contributed by atoms with E-state index in [0.29, 0.717) is 25.3 Å². The molecule has 0 radical (unpaired) electrons. The first-order valence-electron chi connectivity index (χ1n) is 6.17. The Morgan fingerprint density at radius 2 is 1.95 bits per heavy atom. The monoisotopic (exact) mass is 275 g/mol. The van der Waals surface area contributed by atoms with Gasteiger partial charge in [-0.15, -0.1) is 0 Å². The van der Waals surface area contributed by atoms with Crippen LogP contribution >= 0.6 is 0 Å². The number of benzene rings is 1. The van der Waals surface area contributed by atoms with Crippen molar-refractivity contribution in [1.29, 1.82) is 5.26 Å². The summed E-state index contributed by atoms with van der Waals surface area (Å²) >= 11 is 0. The number of carbonyl (C=O) groups is 2. The maximum Gasteiger partial charge on any atom is 0.238 e. The number of amides is 2. The Hall–Kier alpha value is -2.39. The SMILES string of the molecule is COCCC(=O)NCc1ccc(NC(=O)CC#N)cc1. The van der Waals surface area contributed by atoms with Gasteiger partial charge in [0.2, 0.25) is 11.8 Å². The fraction of sp³-hybridized carbons (Fsp3) is 0.357. The number of hydrogen-bond donors (Lipinski definition) is 2. The summed E-state index contributed by atoms with van der Waals surface area (Å²) in [6.45, 7) is 0.824. The van der Waals surface area contributed by atoms with Gasteiger partial charge in [0.25, 0.3) is 0 Å². The van der Waals surface area contributed by atoms with Gasteiger partial charge in [-0.2, -0.15) is 5.26 Å². The van der Waals surface area contributed by atoms with Crippen LogP contribution in [0.4, 0.5) is 5.69 Å². The Bertz CT molecular complexity index is 491. The van der Waals surface area contributed by atoms with Crippen molar-refractivity contribution >= 4 is 17.5 Å². The highest BCUT2D eigenvalue weighted by molar-refractivity contribution is 5.92. The van der Waals surface area contributed by atoms with Crippen LogP contribution in [-0.2, 0) is 20.9 Å². The molecule has 0 heterocycles. The van der Waals surface area contributed by atoms with Crippen molar-refractivity contribution in [2.75, 3.05) is 19.0 Å². The molecule has 0 saturated heterocycles. The summed E-state index contributed by atoms with van der Waals surface area (Å²) in [6, 6.07) is 8.84. The van der Waals surface area contributed by atoms with Crippen molar-refractivity contribution in [1.82, 2.24) is 5.32 Å². The largest absolute Gasteiger partial charge is 0.384 e. The summed E-state index contributed by atoms with van der Waals surface area (Å²) in [5.74, 6) is -0.411. The second-order valence-electron chi connectivity index (χ2n) is 4.10. The van der Waals surface area contributed by atoms with Crippen LogP contribution in [0.25, 0.3) is 0 Å². The lowest BCUT2D eigenvalue weighted by Crippen LogP contribution is -2.23. The van der Waals surface area contributed by atoms with Crippen molar-refractivity contribution in [3.63, 3.8) is 0 Å². The molecule has 0 unspecified atom stereocenters. The molecule has 0 fully saturated rings. The molecule has 2 amide bonds. The van der Waals surface area contributed by atoms with Crippen LogP contribution in [0.15, 0.2) is 24.3 Å². The maximum absolute atomic E-state index is 11.4. The Balaban J connectivity index is 2.41. The van der Waals surface area contributed by atoms with E-state index in [4.69, 9.17) is 10.00 Å². The lowest BCUT2D eigenvalue weighted by atomic mass is 10.2. The fourth-order valence-corrected chi connectivity index (χ4v) is 1.47. The predicted octanol–water partition coefficient (Wildman–Crippen LogP) is 1.19. The van der Waals surface area contributed by atoms with E-state index >= 15 is 0 Å². The lowest BCUT2D eigenvalue weighted by molar-refractivity contribution is -0.122. The number of methoxy groups -OCH3 is 1. The molecular formula is C14H17N3O3. The smallest absolute Gasteiger partial charge is 0.238 e. The third kappa shape index (κ3) is 5.98. The van der Waals surface area contributed by atoms with Gasteiger partial charge in [0.05, 0.1) is 12.7 Å². The second-order valence-corrected chi connectivity index (χ2v) is 4.10. The Kier molecular flexibility index (Phi) is 6.79. The van der Waals surface area contributed by atoms with Crippen molar-refractivity contribution in [2.45, 2.75) is 19.4 Å². The van der Waals surface area contributed by atoms with E-state index in [9.17, 15) is 9.59 Å². The standard InChI is InChI=1S/C14H17N3O3/c1-20-9-7-13(18)16-10-11-2-4-12(5-3-11)17-14(19)6-8-15/h2-5H,6-7,9-10H2,1H3,(H,16,18)(H,17,19). The van der Waals surface area contributed by atoms with E-state index < -0.39 is 0 Å². The molecule has 0 aliphatic heterocycles. The molecule has 6 heteroatoms. The molecule has 0 aliphatic carbocycles. The molecule has 0 saturated carbocycles. The molecule has 2 N–H and O–H groups in total. The number of anilines is 1. The minimum absolute atomic E-state index is 0.0711. The second kappa shape index (κ2) is 8.67. The van der Waals surface area contributed by atoms with E-state index in [0.717, 1.165) is 5.56 Å². The molecule has 20 heavy (non-hydrogen) atoms. The topological polar surface area (TPSA) is 91.2 Å². The summed E-state index contributed by atoms with van der Waals surface area (Å²) in [6.07, 6.45) is 0.163. The number of rotatable bonds is 7. The first-order chi connectivity index (χ1) is 9.65. The highest BCUT2D eigenvalue weighted by atomic mass is 16.5. The number of carbonyl (C=O) groups excluding carboxylic acids is 2. The molecule has 1 rings (SSSR count). The predicted molar refractivity (Wildman–Crippen MR) is 73.6 cm³/mol. The summed E-state index contributed by atoms with van der Waals surface area (Å²) in [4.78, 5) is 22.6. The first kappa shape index (κ1) is 15.7. The molecule has 1 aromatic rings. The van der Waals surface area contributed by atoms with Crippen LogP contribution in [0.5, 0.6) is 0 Å². The zero-order valence-corrected chi connectivity index (χ0v) is 11.3. The molecule has 0 aromatic heterocycles. The van der Waals surface area contributed by atoms with Crippen LogP contribution in [0, 0.1) is 11.3 Å². The highest BCUT2D eigenvalue weighted by Gasteiger charge is 2.03.